The second-order valence-corrected chi connectivity index (χ2v) is 3.42. The van der Waals surface area contributed by atoms with Gasteiger partial charge in [-0.05, 0) is 19.4 Å². The zero-order valence-corrected chi connectivity index (χ0v) is 12.1. The highest BCUT2D eigenvalue weighted by atomic mass is 16.5. The summed E-state index contributed by atoms with van der Waals surface area (Å²) in [7, 11) is 0. The summed E-state index contributed by atoms with van der Waals surface area (Å²) in [6.45, 7) is 13.7. The number of amides is 1. The summed E-state index contributed by atoms with van der Waals surface area (Å²) < 4.78 is 4.81. The molecule has 0 aliphatic heterocycles. The van der Waals surface area contributed by atoms with E-state index in [0.29, 0.717) is 12.2 Å². The molecule has 20 heavy (non-hydrogen) atoms. The van der Waals surface area contributed by atoms with Gasteiger partial charge in [-0.3, -0.25) is 4.79 Å². The Hall–Kier alpha value is -2.37. The standard InChI is InChI=1S/C8H14O2.C3H5NO.C3H4O2/c1-4-5-6-10-8(9)7(2)3;2*1-2-3(4)5/h2,4-6H2,1,3H3;2H,1H2,(H2,4,5);2H,1H2,(H,4,5). The predicted octanol–water partition coefficient (Wildman–Crippen LogP) is 1.82. The monoisotopic (exact) mass is 285 g/mol. The van der Waals surface area contributed by atoms with Gasteiger partial charge in [-0.1, -0.05) is 33.1 Å². The number of primary amides is 1. The van der Waals surface area contributed by atoms with Gasteiger partial charge in [0.2, 0.25) is 5.91 Å². The second kappa shape index (κ2) is 16.6. The van der Waals surface area contributed by atoms with Gasteiger partial charge in [0.1, 0.15) is 0 Å². The molecule has 0 rings (SSSR count). The summed E-state index contributed by atoms with van der Waals surface area (Å²) >= 11 is 0. The van der Waals surface area contributed by atoms with E-state index in [1.807, 2.05) is 0 Å². The first-order valence-corrected chi connectivity index (χ1v) is 5.82. The van der Waals surface area contributed by atoms with Crippen molar-refractivity contribution in [2.24, 2.45) is 5.73 Å². The van der Waals surface area contributed by atoms with E-state index in [0.717, 1.165) is 25.0 Å². The van der Waals surface area contributed by atoms with E-state index in [2.05, 4.69) is 32.4 Å². The number of hydrogen-bond acceptors (Lipinski definition) is 4. The van der Waals surface area contributed by atoms with Crippen LogP contribution in [0.15, 0.2) is 37.5 Å². The molecule has 0 unspecified atom stereocenters. The topological polar surface area (TPSA) is 107 Å². The Morgan fingerprint density at radius 1 is 1.25 bits per heavy atom. The number of ether oxygens (including phenoxy) is 1. The third-order valence-corrected chi connectivity index (χ3v) is 1.46. The van der Waals surface area contributed by atoms with Gasteiger partial charge < -0.3 is 15.6 Å². The highest BCUT2D eigenvalue weighted by Crippen LogP contribution is 1.94. The van der Waals surface area contributed by atoms with Crippen molar-refractivity contribution in [3.8, 4) is 0 Å². The van der Waals surface area contributed by atoms with Gasteiger partial charge in [0.25, 0.3) is 0 Å². The van der Waals surface area contributed by atoms with Crippen molar-refractivity contribution in [3.63, 3.8) is 0 Å². The highest BCUT2D eigenvalue weighted by molar-refractivity contribution is 5.86. The molecule has 0 spiro atoms. The number of carboxylic acids is 1. The molecule has 0 aromatic rings. The Kier molecular flexibility index (Phi) is 18.9. The van der Waals surface area contributed by atoms with Gasteiger partial charge >= 0.3 is 11.9 Å². The number of nitrogens with two attached hydrogens (primary N) is 1. The fraction of sp³-hybridized carbons (Fsp3) is 0.357. The minimum atomic E-state index is -0.981. The molecule has 0 aliphatic rings. The lowest BCUT2D eigenvalue weighted by molar-refractivity contribution is -0.139. The molecule has 1 amide bonds. The van der Waals surface area contributed by atoms with Crippen molar-refractivity contribution in [2.75, 3.05) is 6.61 Å². The van der Waals surface area contributed by atoms with E-state index < -0.39 is 11.9 Å². The zero-order valence-electron chi connectivity index (χ0n) is 12.1. The van der Waals surface area contributed by atoms with Gasteiger partial charge in [0.05, 0.1) is 6.61 Å². The Morgan fingerprint density at radius 3 is 1.85 bits per heavy atom. The fourth-order valence-electron chi connectivity index (χ4n) is 0.432. The first kappa shape index (κ1) is 22.8. The number of carbonyl (C=O) groups excluding carboxylic acids is 2. The maximum Gasteiger partial charge on any atom is 0.333 e. The molecule has 0 aromatic carbocycles. The molecule has 6 nitrogen and oxygen atoms in total. The molecule has 0 heterocycles. The number of aliphatic carboxylic acids is 1. The van der Waals surface area contributed by atoms with Crippen LogP contribution < -0.4 is 5.73 Å². The summed E-state index contributed by atoms with van der Waals surface area (Å²) in [6, 6.07) is 0. The Bertz CT molecular complexity index is 329. The largest absolute Gasteiger partial charge is 0.478 e. The Balaban J connectivity index is -0.000000244. The molecule has 0 atom stereocenters. The molecular formula is C14H23NO5. The number of carbonyl (C=O) groups is 3. The van der Waals surface area contributed by atoms with Crippen molar-refractivity contribution in [3.05, 3.63) is 37.5 Å². The Labute approximate surface area is 119 Å². The van der Waals surface area contributed by atoms with Crippen LogP contribution in [0, 0.1) is 0 Å². The average Bonchev–Trinajstić information content (AvgIpc) is 2.40. The quantitative estimate of drug-likeness (QED) is 0.440. The Morgan fingerprint density at radius 2 is 1.65 bits per heavy atom. The van der Waals surface area contributed by atoms with Crippen molar-refractivity contribution in [2.45, 2.75) is 26.7 Å². The van der Waals surface area contributed by atoms with Gasteiger partial charge in [0.15, 0.2) is 0 Å². The fourth-order valence-corrected chi connectivity index (χ4v) is 0.432. The number of rotatable bonds is 6. The molecule has 0 saturated heterocycles. The lowest BCUT2D eigenvalue weighted by Gasteiger charge is -2.01. The summed E-state index contributed by atoms with van der Waals surface area (Å²) in [6.07, 6.45) is 3.86. The van der Waals surface area contributed by atoms with Crippen LogP contribution in [-0.2, 0) is 19.1 Å². The van der Waals surface area contributed by atoms with Crippen LogP contribution in [0.5, 0.6) is 0 Å². The number of unbranched alkanes of at least 4 members (excludes halogenated alkanes) is 1. The number of carboxylic acid groups (broad SMARTS) is 1. The molecule has 6 heteroatoms. The molecule has 0 aliphatic carbocycles. The highest BCUT2D eigenvalue weighted by Gasteiger charge is 2.00. The van der Waals surface area contributed by atoms with Crippen LogP contribution in [0.2, 0.25) is 0 Å². The van der Waals surface area contributed by atoms with E-state index in [-0.39, 0.29) is 5.97 Å². The molecule has 0 bridgehead atoms. The van der Waals surface area contributed by atoms with Gasteiger partial charge in [-0.25, -0.2) is 9.59 Å². The van der Waals surface area contributed by atoms with E-state index in [1.54, 1.807) is 6.92 Å². The lowest BCUT2D eigenvalue weighted by Crippen LogP contribution is -2.05. The maximum atomic E-state index is 10.7. The molecule has 0 aromatic heterocycles. The first-order chi connectivity index (χ1) is 9.22. The van der Waals surface area contributed by atoms with Gasteiger partial charge in [-0.2, -0.15) is 0 Å². The van der Waals surface area contributed by atoms with Crippen molar-refractivity contribution < 1.29 is 24.2 Å². The van der Waals surface area contributed by atoms with E-state index in [9.17, 15) is 14.4 Å². The lowest BCUT2D eigenvalue weighted by atomic mass is 10.3. The third kappa shape index (κ3) is 29.6. The van der Waals surface area contributed by atoms with Gasteiger partial charge in [-0.15, -0.1) is 0 Å². The van der Waals surface area contributed by atoms with E-state index in [1.165, 1.54) is 0 Å². The molecular weight excluding hydrogens is 262 g/mol. The summed E-state index contributed by atoms with van der Waals surface area (Å²) in [4.78, 5) is 29.4. The summed E-state index contributed by atoms with van der Waals surface area (Å²) in [5, 5.41) is 7.60. The molecule has 0 fully saturated rings. The minimum absolute atomic E-state index is 0.284. The van der Waals surface area contributed by atoms with Crippen LogP contribution in [0.1, 0.15) is 26.7 Å². The SMILES string of the molecule is C=C(C)C(=O)OCCCC.C=CC(=O)O.C=CC(N)=O. The second-order valence-electron chi connectivity index (χ2n) is 3.42. The zero-order chi connectivity index (χ0) is 16.6. The van der Waals surface area contributed by atoms with Crippen LogP contribution in [0.25, 0.3) is 0 Å². The average molecular weight is 285 g/mol. The van der Waals surface area contributed by atoms with Crippen LogP contribution in [-0.4, -0.2) is 29.6 Å². The van der Waals surface area contributed by atoms with Crippen molar-refractivity contribution >= 4 is 17.8 Å². The molecule has 0 radical (unpaired) electrons. The van der Waals surface area contributed by atoms with Crippen LogP contribution >= 0.6 is 0 Å². The van der Waals surface area contributed by atoms with E-state index in [4.69, 9.17) is 9.84 Å². The molecule has 114 valence electrons. The van der Waals surface area contributed by atoms with Crippen molar-refractivity contribution in [1.29, 1.82) is 0 Å². The molecule has 0 saturated carbocycles. The summed E-state index contributed by atoms with van der Waals surface area (Å²) in [5.41, 5.74) is 5.00. The number of esters is 1. The third-order valence-electron chi connectivity index (χ3n) is 1.46. The van der Waals surface area contributed by atoms with Crippen LogP contribution in [0.4, 0.5) is 0 Å². The first-order valence-electron chi connectivity index (χ1n) is 5.82. The minimum Gasteiger partial charge on any atom is -0.478 e. The normalized spacial score (nSPS) is 7.70. The molecule has 3 N–H and O–H groups in total. The predicted molar refractivity (Wildman–Crippen MR) is 77.9 cm³/mol. The van der Waals surface area contributed by atoms with Gasteiger partial charge in [0, 0.05) is 11.6 Å². The van der Waals surface area contributed by atoms with Crippen LogP contribution in [0.3, 0.4) is 0 Å². The maximum absolute atomic E-state index is 10.7. The van der Waals surface area contributed by atoms with E-state index >= 15 is 0 Å². The summed E-state index contributed by atoms with van der Waals surface area (Å²) in [5.74, 6) is -1.75. The number of hydrogen-bond donors (Lipinski definition) is 2. The van der Waals surface area contributed by atoms with Crippen molar-refractivity contribution in [1.82, 2.24) is 0 Å². The smallest absolute Gasteiger partial charge is 0.333 e.